The zero-order valence-electron chi connectivity index (χ0n) is 16.8. The topological polar surface area (TPSA) is 111 Å². The Kier molecular flexibility index (Phi) is 4.63. The van der Waals surface area contributed by atoms with Gasteiger partial charge in [0.15, 0.2) is 0 Å². The first-order valence-corrected chi connectivity index (χ1v) is 9.82. The zero-order chi connectivity index (χ0) is 21.4. The summed E-state index contributed by atoms with van der Waals surface area (Å²) in [6.07, 6.45) is 7.40. The second-order valence-electron chi connectivity index (χ2n) is 7.67. The number of amides is 3. The number of carbonyl (C=O) groups excluding carboxylic acids is 2. The number of rotatable bonds is 4. The largest absolute Gasteiger partial charge is 0.456 e. The number of pyridine rings is 2. The van der Waals surface area contributed by atoms with Crippen molar-refractivity contribution >= 4 is 17.8 Å². The third-order valence-corrected chi connectivity index (χ3v) is 5.45. The van der Waals surface area contributed by atoms with Crippen LogP contribution in [0.15, 0.2) is 49.1 Å². The highest BCUT2D eigenvalue weighted by Gasteiger charge is 2.53. The van der Waals surface area contributed by atoms with Crippen molar-refractivity contribution in [3.63, 3.8) is 0 Å². The number of aryl methyl sites for hydroxylation is 1. The molecule has 0 aromatic carbocycles. The van der Waals surface area contributed by atoms with Gasteiger partial charge in [0.05, 0.1) is 36.7 Å². The number of urea groups is 1. The molecule has 5 rings (SSSR count). The van der Waals surface area contributed by atoms with Crippen molar-refractivity contribution in [3.05, 3.63) is 49.1 Å². The summed E-state index contributed by atoms with van der Waals surface area (Å²) >= 11 is 0. The number of imide groups is 1. The Bertz CT molecular complexity index is 1140. The molecule has 10 heteroatoms. The Morgan fingerprint density at radius 3 is 2.71 bits per heavy atom. The van der Waals surface area contributed by atoms with Gasteiger partial charge in [-0.1, -0.05) is 0 Å². The Morgan fingerprint density at radius 2 is 2.06 bits per heavy atom. The van der Waals surface area contributed by atoms with Crippen LogP contribution in [-0.2, 0) is 16.6 Å². The van der Waals surface area contributed by atoms with Crippen LogP contribution >= 0.6 is 0 Å². The summed E-state index contributed by atoms with van der Waals surface area (Å²) in [5.41, 5.74) is 1.12. The lowest BCUT2D eigenvalue weighted by atomic mass is 9.84. The molecule has 5 heterocycles. The minimum Gasteiger partial charge on any atom is -0.456 e. The van der Waals surface area contributed by atoms with Crippen molar-refractivity contribution < 1.29 is 19.1 Å². The minimum absolute atomic E-state index is 0.182. The first-order chi connectivity index (χ1) is 15.0. The Labute approximate surface area is 177 Å². The van der Waals surface area contributed by atoms with Crippen LogP contribution in [0.4, 0.5) is 10.6 Å². The van der Waals surface area contributed by atoms with Gasteiger partial charge in [-0.2, -0.15) is 5.10 Å². The molecule has 0 unspecified atom stereocenters. The number of anilines is 1. The summed E-state index contributed by atoms with van der Waals surface area (Å²) in [5.74, 6) is 1.26. The summed E-state index contributed by atoms with van der Waals surface area (Å²) in [5, 5.41) is 6.81. The maximum absolute atomic E-state index is 12.5. The molecule has 0 saturated carbocycles. The smallest absolute Gasteiger partial charge is 0.329 e. The molecule has 10 nitrogen and oxygen atoms in total. The fraction of sp³-hybridized carbons (Fsp3) is 0.286. The zero-order valence-corrected chi connectivity index (χ0v) is 16.8. The first kappa shape index (κ1) is 19.2. The molecule has 1 N–H and O–H groups in total. The maximum atomic E-state index is 12.5. The van der Waals surface area contributed by atoms with Gasteiger partial charge in [-0.25, -0.2) is 9.78 Å². The summed E-state index contributed by atoms with van der Waals surface area (Å²) in [7, 11) is 1.84. The number of aromatic nitrogens is 4. The molecule has 2 aliphatic rings. The molecule has 3 aromatic rings. The van der Waals surface area contributed by atoms with Crippen molar-refractivity contribution in [1.82, 2.24) is 24.6 Å². The van der Waals surface area contributed by atoms with E-state index in [1.54, 1.807) is 35.3 Å². The molecule has 2 fully saturated rings. The number of hydrogen-bond donors (Lipinski definition) is 1. The van der Waals surface area contributed by atoms with Gasteiger partial charge in [-0.15, -0.1) is 0 Å². The molecular formula is C21H20N6O4. The van der Waals surface area contributed by atoms with Gasteiger partial charge in [0.1, 0.15) is 17.3 Å². The van der Waals surface area contributed by atoms with Crippen LogP contribution in [0.3, 0.4) is 0 Å². The predicted octanol–water partition coefficient (Wildman–Crippen LogP) is 2.45. The van der Waals surface area contributed by atoms with E-state index in [4.69, 9.17) is 9.47 Å². The molecule has 0 aliphatic carbocycles. The minimum atomic E-state index is -0.512. The van der Waals surface area contributed by atoms with E-state index < -0.39 is 11.4 Å². The first-order valence-electron chi connectivity index (χ1n) is 9.82. The third-order valence-electron chi connectivity index (χ3n) is 5.45. The second kappa shape index (κ2) is 7.47. The molecule has 3 aromatic heterocycles. The van der Waals surface area contributed by atoms with E-state index in [-0.39, 0.29) is 5.91 Å². The maximum Gasteiger partial charge on any atom is 0.329 e. The molecule has 2 aliphatic heterocycles. The van der Waals surface area contributed by atoms with Crippen LogP contribution < -0.4 is 10.1 Å². The molecule has 2 saturated heterocycles. The van der Waals surface area contributed by atoms with Crippen LogP contribution in [-0.4, -0.2) is 56.3 Å². The average Bonchev–Trinajstić information content (AvgIpc) is 3.33. The van der Waals surface area contributed by atoms with Crippen LogP contribution in [0, 0.1) is 5.41 Å². The van der Waals surface area contributed by atoms with Gasteiger partial charge in [0.2, 0.25) is 5.91 Å². The molecule has 31 heavy (non-hydrogen) atoms. The van der Waals surface area contributed by atoms with Gasteiger partial charge in [0, 0.05) is 37.6 Å². The summed E-state index contributed by atoms with van der Waals surface area (Å²) in [6.45, 7) is 1.16. The quantitative estimate of drug-likeness (QED) is 0.690. The highest BCUT2D eigenvalue weighted by molar-refractivity contribution is 6.04. The number of ether oxygens (including phenoxy) is 2. The molecule has 3 amide bonds. The predicted molar refractivity (Wildman–Crippen MR) is 109 cm³/mol. The SMILES string of the molecule is Cn1cc(-c2cc(Oc3ccc(NC(=O)N4CCC5(COC5)C4=O)nc3)ccn2)cn1. The van der Waals surface area contributed by atoms with E-state index in [1.165, 1.54) is 11.1 Å². The molecule has 1 spiro atoms. The van der Waals surface area contributed by atoms with Crippen molar-refractivity contribution in [2.45, 2.75) is 6.42 Å². The van der Waals surface area contributed by atoms with E-state index in [1.807, 2.05) is 19.3 Å². The monoisotopic (exact) mass is 420 g/mol. The van der Waals surface area contributed by atoms with E-state index in [0.29, 0.717) is 43.5 Å². The van der Waals surface area contributed by atoms with Crippen molar-refractivity contribution in [3.8, 4) is 22.8 Å². The van der Waals surface area contributed by atoms with Gasteiger partial charge < -0.3 is 9.47 Å². The van der Waals surface area contributed by atoms with E-state index in [9.17, 15) is 9.59 Å². The van der Waals surface area contributed by atoms with Crippen LogP contribution in [0.1, 0.15) is 6.42 Å². The molecule has 0 bridgehead atoms. The highest BCUT2D eigenvalue weighted by atomic mass is 16.5. The van der Waals surface area contributed by atoms with Gasteiger partial charge in [-0.05, 0) is 24.6 Å². The molecule has 158 valence electrons. The van der Waals surface area contributed by atoms with Crippen LogP contribution in [0.25, 0.3) is 11.3 Å². The number of hydrogen-bond acceptors (Lipinski definition) is 7. The molecule has 0 atom stereocenters. The van der Waals surface area contributed by atoms with Gasteiger partial charge >= 0.3 is 6.03 Å². The van der Waals surface area contributed by atoms with Gasteiger partial charge in [0.25, 0.3) is 0 Å². The summed E-state index contributed by atoms with van der Waals surface area (Å²) < 4.78 is 12.7. The Morgan fingerprint density at radius 1 is 1.19 bits per heavy atom. The highest BCUT2D eigenvalue weighted by Crippen LogP contribution is 2.39. The fourth-order valence-electron chi connectivity index (χ4n) is 3.64. The number of nitrogens with zero attached hydrogens (tertiary/aromatic N) is 5. The lowest BCUT2D eigenvalue weighted by molar-refractivity contribution is -0.159. The lowest BCUT2D eigenvalue weighted by Crippen LogP contribution is -2.50. The van der Waals surface area contributed by atoms with E-state index in [0.717, 1.165) is 11.3 Å². The Hall–Kier alpha value is -3.79. The van der Waals surface area contributed by atoms with Crippen molar-refractivity contribution in [1.29, 1.82) is 0 Å². The lowest BCUT2D eigenvalue weighted by Gasteiger charge is -2.35. The number of nitrogens with one attached hydrogen (secondary N) is 1. The number of likely N-dealkylation sites (tertiary alicyclic amines) is 1. The average molecular weight is 420 g/mol. The summed E-state index contributed by atoms with van der Waals surface area (Å²) in [4.78, 5) is 34.7. The fourth-order valence-corrected chi connectivity index (χ4v) is 3.64. The van der Waals surface area contributed by atoms with Crippen molar-refractivity contribution in [2.24, 2.45) is 12.5 Å². The van der Waals surface area contributed by atoms with E-state index >= 15 is 0 Å². The van der Waals surface area contributed by atoms with Crippen LogP contribution in [0.2, 0.25) is 0 Å². The van der Waals surface area contributed by atoms with Crippen LogP contribution in [0.5, 0.6) is 11.5 Å². The standard InChI is InChI=1S/C21H20N6O4/c1-26-11-14(9-24-26)17-8-15(4-6-22-17)31-16-2-3-18(23-10-16)25-20(29)27-7-5-21(19(27)28)12-30-13-21/h2-4,6,8-11H,5,7,12-13H2,1H3,(H,23,25,29). The Balaban J connectivity index is 1.23. The molecular weight excluding hydrogens is 400 g/mol. The van der Waals surface area contributed by atoms with Gasteiger partial charge in [-0.3, -0.25) is 24.7 Å². The van der Waals surface area contributed by atoms with E-state index in [2.05, 4.69) is 20.4 Å². The second-order valence-corrected chi connectivity index (χ2v) is 7.67. The third kappa shape index (κ3) is 3.61. The normalized spacial score (nSPS) is 16.9. The summed E-state index contributed by atoms with van der Waals surface area (Å²) in [6, 6.07) is 6.39. The number of carbonyl (C=O) groups is 2. The molecule has 0 radical (unpaired) electrons. The van der Waals surface area contributed by atoms with Crippen molar-refractivity contribution in [2.75, 3.05) is 25.1 Å².